The number of hydrogen-bond donors (Lipinski definition) is 1. The summed E-state index contributed by atoms with van der Waals surface area (Å²) in [5, 5.41) is 0. The van der Waals surface area contributed by atoms with Gasteiger partial charge >= 0.3 is 0 Å². The summed E-state index contributed by atoms with van der Waals surface area (Å²) in [5.74, 6) is 2.40. The summed E-state index contributed by atoms with van der Waals surface area (Å²) < 4.78 is 0. The van der Waals surface area contributed by atoms with Crippen molar-refractivity contribution in [2.24, 2.45) is 5.73 Å². The smallest absolute Gasteiger partial charge is 0.115 e. The molecule has 0 bridgehead atoms. The van der Waals surface area contributed by atoms with Crippen molar-refractivity contribution in [3.63, 3.8) is 0 Å². The van der Waals surface area contributed by atoms with E-state index in [0.29, 0.717) is 0 Å². The highest BCUT2D eigenvalue weighted by Gasteiger charge is 2.35. The Kier molecular flexibility index (Phi) is 3.03. The zero-order chi connectivity index (χ0) is 9.86. The average molecular weight is 209 g/mol. The van der Waals surface area contributed by atoms with Crippen molar-refractivity contribution < 1.29 is 0 Å². The zero-order valence-electron chi connectivity index (χ0n) is 8.15. The lowest BCUT2D eigenvalue weighted by Gasteiger charge is -2.27. The van der Waals surface area contributed by atoms with Gasteiger partial charge < -0.3 is 5.73 Å². The molecule has 2 rings (SSSR count). The molecule has 2 heterocycles. The van der Waals surface area contributed by atoms with E-state index in [4.69, 9.17) is 5.73 Å². The van der Waals surface area contributed by atoms with Crippen LogP contribution >= 0.6 is 11.8 Å². The second kappa shape index (κ2) is 4.28. The molecule has 1 atom stereocenters. The van der Waals surface area contributed by atoms with E-state index in [9.17, 15) is 0 Å². The van der Waals surface area contributed by atoms with E-state index < -0.39 is 0 Å². The van der Waals surface area contributed by atoms with Crippen LogP contribution in [0.2, 0.25) is 0 Å². The Hall–Kier alpha value is -0.610. The van der Waals surface area contributed by atoms with Crippen molar-refractivity contribution in [2.45, 2.75) is 18.3 Å². The van der Waals surface area contributed by atoms with Crippen molar-refractivity contribution in [1.82, 2.24) is 9.97 Å². The minimum atomic E-state index is 0.251. The number of hydrogen-bond acceptors (Lipinski definition) is 4. The molecule has 0 saturated carbocycles. The SMILES string of the molecule is NCCC1(c2cncnc2)CCSC1. The first-order chi connectivity index (χ1) is 6.87. The first-order valence-corrected chi connectivity index (χ1v) is 6.06. The molecule has 1 aromatic rings. The lowest BCUT2D eigenvalue weighted by molar-refractivity contribution is 0.449. The highest BCUT2D eigenvalue weighted by Crippen LogP contribution is 2.40. The summed E-state index contributed by atoms with van der Waals surface area (Å²) in [5.41, 5.74) is 7.19. The van der Waals surface area contributed by atoms with Crippen LogP contribution < -0.4 is 5.73 Å². The Bertz CT molecular complexity index is 283. The third-order valence-corrected chi connectivity index (χ3v) is 4.15. The van der Waals surface area contributed by atoms with Gasteiger partial charge in [0.15, 0.2) is 0 Å². The van der Waals surface area contributed by atoms with E-state index >= 15 is 0 Å². The lowest BCUT2D eigenvalue weighted by atomic mass is 9.78. The summed E-state index contributed by atoms with van der Waals surface area (Å²) >= 11 is 2.00. The van der Waals surface area contributed by atoms with E-state index in [1.807, 2.05) is 24.2 Å². The number of nitrogens with two attached hydrogens (primary N) is 1. The largest absolute Gasteiger partial charge is 0.330 e. The van der Waals surface area contributed by atoms with Crippen molar-refractivity contribution in [3.8, 4) is 0 Å². The number of rotatable bonds is 3. The van der Waals surface area contributed by atoms with Crippen molar-refractivity contribution in [2.75, 3.05) is 18.1 Å². The fraction of sp³-hybridized carbons (Fsp3) is 0.600. The molecular formula is C10H15N3S. The molecule has 0 spiro atoms. The topological polar surface area (TPSA) is 51.8 Å². The molecule has 1 fully saturated rings. The average Bonchev–Trinajstić information content (AvgIpc) is 2.70. The predicted octanol–water partition coefficient (Wildman–Crippen LogP) is 1.20. The van der Waals surface area contributed by atoms with Crippen LogP contribution in [0.4, 0.5) is 0 Å². The van der Waals surface area contributed by atoms with Crippen LogP contribution in [0.5, 0.6) is 0 Å². The van der Waals surface area contributed by atoms with Crippen LogP contribution in [0.25, 0.3) is 0 Å². The zero-order valence-corrected chi connectivity index (χ0v) is 8.96. The summed E-state index contributed by atoms with van der Waals surface area (Å²) in [7, 11) is 0. The van der Waals surface area contributed by atoms with E-state index in [0.717, 1.165) is 18.7 Å². The van der Waals surface area contributed by atoms with Gasteiger partial charge in [-0.3, -0.25) is 0 Å². The molecule has 0 amide bonds. The van der Waals surface area contributed by atoms with Gasteiger partial charge in [0, 0.05) is 23.6 Å². The maximum absolute atomic E-state index is 5.68. The number of thioether (sulfide) groups is 1. The molecule has 1 saturated heterocycles. The molecule has 0 aliphatic carbocycles. The Balaban J connectivity index is 2.27. The highest BCUT2D eigenvalue weighted by atomic mass is 32.2. The minimum absolute atomic E-state index is 0.251. The second-order valence-corrected chi connectivity index (χ2v) is 4.85. The van der Waals surface area contributed by atoms with E-state index in [-0.39, 0.29) is 5.41 Å². The second-order valence-electron chi connectivity index (χ2n) is 3.75. The Morgan fingerprint density at radius 3 is 2.79 bits per heavy atom. The lowest BCUT2D eigenvalue weighted by Crippen LogP contribution is -2.29. The van der Waals surface area contributed by atoms with Gasteiger partial charge in [-0.1, -0.05) is 0 Å². The summed E-state index contributed by atoms with van der Waals surface area (Å²) in [6.45, 7) is 0.745. The molecule has 4 heteroatoms. The van der Waals surface area contributed by atoms with Gasteiger partial charge in [-0.2, -0.15) is 11.8 Å². The Morgan fingerprint density at radius 1 is 1.43 bits per heavy atom. The van der Waals surface area contributed by atoms with Crippen LogP contribution in [-0.2, 0) is 5.41 Å². The van der Waals surface area contributed by atoms with Gasteiger partial charge in [0.25, 0.3) is 0 Å². The van der Waals surface area contributed by atoms with Crippen LogP contribution in [0, 0.1) is 0 Å². The van der Waals surface area contributed by atoms with Crippen LogP contribution in [0.15, 0.2) is 18.7 Å². The normalized spacial score (nSPS) is 26.6. The Morgan fingerprint density at radius 2 is 2.21 bits per heavy atom. The quantitative estimate of drug-likeness (QED) is 0.812. The molecule has 0 radical (unpaired) electrons. The third kappa shape index (κ3) is 1.77. The first-order valence-electron chi connectivity index (χ1n) is 4.91. The van der Waals surface area contributed by atoms with Gasteiger partial charge in [-0.15, -0.1) is 0 Å². The van der Waals surface area contributed by atoms with Gasteiger partial charge in [-0.25, -0.2) is 9.97 Å². The van der Waals surface area contributed by atoms with Crippen molar-refractivity contribution in [3.05, 3.63) is 24.3 Å². The summed E-state index contributed by atoms with van der Waals surface area (Å²) in [4.78, 5) is 8.19. The van der Waals surface area contributed by atoms with Crippen LogP contribution in [-0.4, -0.2) is 28.0 Å². The number of nitrogens with zero attached hydrogens (tertiary/aromatic N) is 2. The standard InChI is InChI=1S/C10H15N3S/c11-3-1-10(2-4-14-7-10)9-5-12-8-13-6-9/h5-6,8H,1-4,7,11H2. The first kappa shape index (κ1) is 9.93. The van der Waals surface area contributed by atoms with Gasteiger partial charge in [0.2, 0.25) is 0 Å². The van der Waals surface area contributed by atoms with Crippen LogP contribution in [0.1, 0.15) is 18.4 Å². The molecule has 76 valence electrons. The van der Waals surface area contributed by atoms with Gasteiger partial charge in [0.1, 0.15) is 6.33 Å². The minimum Gasteiger partial charge on any atom is -0.330 e. The third-order valence-electron chi connectivity index (χ3n) is 2.90. The summed E-state index contributed by atoms with van der Waals surface area (Å²) in [6.07, 6.45) is 7.72. The molecule has 1 aliphatic rings. The van der Waals surface area contributed by atoms with Crippen LogP contribution in [0.3, 0.4) is 0 Å². The molecular weight excluding hydrogens is 194 g/mol. The molecule has 0 aromatic carbocycles. The Labute approximate surface area is 88.5 Å². The molecule has 14 heavy (non-hydrogen) atoms. The molecule has 2 N–H and O–H groups in total. The maximum Gasteiger partial charge on any atom is 0.115 e. The van der Waals surface area contributed by atoms with E-state index in [1.54, 1.807) is 6.33 Å². The summed E-state index contributed by atoms with van der Waals surface area (Å²) in [6, 6.07) is 0. The van der Waals surface area contributed by atoms with Gasteiger partial charge in [0.05, 0.1) is 0 Å². The highest BCUT2D eigenvalue weighted by molar-refractivity contribution is 7.99. The predicted molar refractivity (Wildman–Crippen MR) is 59.3 cm³/mol. The fourth-order valence-electron chi connectivity index (χ4n) is 2.03. The molecule has 1 aromatic heterocycles. The fourth-order valence-corrected chi connectivity index (χ4v) is 3.55. The number of aromatic nitrogens is 2. The van der Waals surface area contributed by atoms with Crippen molar-refractivity contribution >= 4 is 11.8 Å². The monoisotopic (exact) mass is 209 g/mol. The van der Waals surface area contributed by atoms with Gasteiger partial charge in [-0.05, 0) is 30.7 Å². The van der Waals surface area contributed by atoms with Crippen molar-refractivity contribution in [1.29, 1.82) is 0 Å². The van der Waals surface area contributed by atoms with E-state index in [2.05, 4.69) is 9.97 Å². The molecule has 3 nitrogen and oxygen atoms in total. The molecule has 1 aliphatic heterocycles. The maximum atomic E-state index is 5.68. The molecule has 1 unspecified atom stereocenters. The van der Waals surface area contributed by atoms with E-state index in [1.165, 1.54) is 17.7 Å².